The van der Waals surface area contributed by atoms with Gasteiger partial charge in [-0.25, -0.2) is 4.98 Å². The van der Waals surface area contributed by atoms with E-state index in [0.29, 0.717) is 23.3 Å². The van der Waals surface area contributed by atoms with E-state index in [4.69, 9.17) is 11.6 Å². The zero-order valence-electron chi connectivity index (χ0n) is 19.1. The van der Waals surface area contributed by atoms with Crippen LogP contribution in [-0.2, 0) is 17.9 Å². The summed E-state index contributed by atoms with van der Waals surface area (Å²) in [5.41, 5.74) is 1.35. The number of para-hydroxylation sites is 2. The van der Waals surface area contributed by atoms with Gasteiger partial charge in [0.2, 0.25) is 5.91 Å². The topological polar surface area (TPSA) is 67.2 Å². The molecule has 0 radical (unpaired) electrons. The van der Waals surface area contributed by atoms with E-state index in [-0.39, 0.29) is 24.4 Å². The molecule has 6 nitrogen and oxygen atoms in total. The number of benzene rings is 2. The van der Waals surface area contributed by atoms with Gasteiger partial charge in [-0.3, -0.25) is 9.59 Å². The predicted molar refractivity (Wildman–Crippen MR) is 129 cm³/mol. The molecule has 1 aromatic heterocycles. The van der Waals surface area contributed by atoms with Crippen molar-refractivity contribution in [1.82, 2.24) is 19.8 Å². The van der Waals surface area contributed by atoms with Gasteiger partial charge in [0.25, 0.3) is 5.91 Å². The van der Waals surface area contributed by atoms with Crippen LogP contribution in [0.1, 0.15) is 55.7 Å². The molecule has 1 aliphatic carbocycles. The molecule has 172 valence electrons. The van der Waals surface area contributed by atoms with Crippen LogP contribution in [0.15, 0.2) is 48.5 Å². The van der Waals surface area contributed by atoms with Crippen molar-refractivity contribution in [2.24, 2.45) is 5.92 Å². The standard InChI is InChI=1S/C26H29ClN4O2/c1-17-9-3-6-12-20(17)29-25(33)26(2)16-30-22-14-8-7-13-21(22)28-23(30)24(32)31(26)15-18-10-4-5-11-19(18)27/h4-5,7-8,10-11,13-14,17,20H,3,6,9,12,15-16H2,1-2H3,(H,29,33)/t17-,20-,26-/m1/s1. The van der Waals surface area contributed by atoms with Gasteiger partial charge in [0, 0.05) is 17.6 Å². The van der Waals surface area contributed by atoms with Crippen LogP contribution in [0.2, 0.25) is 5.02 Å². The molecule has 3 atom stereocenters. The van der Waals surface area contributed by atoms with Crippen molar-refractivity contribution in [1.29, 1.82) is 0 Å². The third kappa shape index (κ3) is 3.80. The second-order valence-electron chi connectivity index (χ2n) is 9.61. The van der Waals surface area contributed by atoms with Crippen molar-refractivity contribution in [3.05, 3.63) is 64.9 Å². The molecule has 1 N–H and O–H groups in total. The van der Waals surface area contributed by atoms with E-state index in [0.717, 1.165) is 35.9 Å². The minimum absolute atomic E-state index is 0.120. The first-order valence-corrected chi connectivity index (χ1v) is 12.1. The summed E-state index contributed by atoms with van der Waals surface area (Å²) in [5.74, 6) is 0.406. The number of halogens is 1. The first-order valence-electron chi connectivity index (χ1n) is 11.7. The number of imidazole rings is 1. The van der Waals surface area contributed by atoms with Crippen LogP contribution >= 0.6 is 11.6 Å². The molecular weight excluding hydrogens is 436 g/mol. The number of aromatic nitrogens is 2. The first-order chi connectivity index (χ1) is 15.9. The van der Waals surface area contributed by atoms with Gasteiger partial charge in [-0.05, 0) is 49.4 Å². The molecule has 0 bridgehead atoms. The molecule has 2 aromatic carbocycles. The maximum absolute atomic E-state index is 13.9. The Balaban J connectivity index is 1.56. The van der Waals surface area contributed by atoms with E-state index in [2.05, 4.69) is 17.2 Å². The van der Waals surface area contributed by atoms with Gasteiger partial charge in [-0.2, -0.15) is 0 Å². The Bertz CT molecular complexity index is 1220. The van der Waals surface area contributed by atoms with Crippen molar-refractivity contribution >= 4 is 34.4 Å². The van der Waals surface area contributed by atoms with Gasteiger partial charge < -0.3 is 14.8 Å². The molecule has 0 spiro atoms. The summed E-state index contributed by atoms with van der Waals surface area (Å²) in [6.07, 6.45) is 4.40. The van der Waals surface area contributed by atoms with Crippen molar-refractivity contribution in [2.75, 3.05) is 0 Å². The number of rotatable bonds is 4. The van der Waals surface area contributed by atoms with Crippen LogP contribution in [0.5, 0.6) is 0 Å². The van der Waals surface area contributed by atoms with E-state index < -0.39 is 5.54 Å². The van der Waals surface area contributed by atoms with Crippen molar-refractivity contribution < 1.29 is 9.59 Å². The van der Waals surface area contributed by atoms with Crippen LogP contribution < -0.4 is 5.32 Å². The second-order valence-corrected chi connectivity index (χ2v) is 10.0. The number of nitrogens with one attached hydrogen (secondary N) is 1. The fourth-order valence-corrected chi connectivity index (χ4v) is 5.42. The number of carbonyl (C=O) groups excluding carboxylic acids is 2. The summed E-state index contributed by atoms with van der Waals surface area (Å²) in [6.45, 7) is 4.64. The Labute approximate surface area is 198 Å². The lowest BCUT2D eigenvalue weighted by atomic mass is 9.85. The normalized spacial score (nSPS) is 25.2. The Morgan fingerprint density at radius 3 is 2.67 bits per heavy atom. The molecule has 5 rings (SSSR count). The Morgan fingerprint density at radius 1 is 1.15 bits per heavy atom. The molecule has 3 aromatic rings. The third-order valence-corrected chi connectivity index (χ3v) is 7.72. The highest BCUT2D eigenvalue weighted by Crippen LogP contribution is 2.34. The Kier molecular flexibility index (Phi) is 5.65. The van der Waals surface area contributed by atoms with Gasteiger partial charge in [0.05, 0.1) is 17.6 Å². The van der Waals surface area contributed by atoms with Crippen molar-refractivity contribution in [3.8, 4) is 0 Å². The maximum Gasteiger partial charge on any atom is 0.291 e. The molecule has 2 aliphatic rings. The molecule has 0 unspecified atom stereocenters. The average Bonchev–Trinajstić information content (AvgIpc) is 3.18. The lowest BCUT2D eigenvalue weighted by molar-refractivity contribution is -0.134. The fourth-order valence-electron chi connectivity index (χ4n) is 5.23. The summed E-state index contributed by atoms with van der Waals surface area (Å²) >= 11 is 6.44. The summed E-state index contributed by atoms with van der Waals surface area (Å²) in [4.78, 5) is 33.9. The molecular formula is C26H29ClN4O2. The number of hydrogen-bond acceptors (Lipinski definition) is 3. The highest BCUT2D eigenvalue weighted by molar-refractivity contribution is 6.31. The van der Waals surface area contributed by atoms with Gasteiger partial charge in [-0.1, -0.05) is 61.7 Å². The smallest absolute Gasteiger partial charge is 0.291 e. The maximum atomic E-state index is 13.9. The molecule has 1 aliphatic heterocycles. The molecule has 0 saturated heterocycles. The van der Waals surface area contributed by atoms with E-state index >= 15 is 0 Å². The minimum atomic E-state index is -1.08. The van der Waals surface area contributed by atoms with Gasteiger partial charge >= 0.3 is 0 Å². The number of nitrogens with zero attached hydrogens (tertiary/aromatic N) is 3. The van der Waals surface area contributed by atoms with Gasteiger partial charge in [0.15, 0.2) is 5.82 Å². The lowest BCUT2D eigenvalue weighted by Crippen LogP contribution is -2.65. The quantitative estimate of drug-likeness (QED) is 0.603. The Morgan fingerprint density at radius 2 is 1.88 bits per heavy atom. The predicted octanol–water partition coefficient (Wildman–Crippen LogP) is 4.80. The molecule has 7 heteroatoms. The third-order valence-electron chi connectivity index (χ3n) is 7.36. The fraction of sp³-hybridized carbons (Fsp3) is 0.423. The zero-order valence-corrected chi connectivity index (χ0v) is 19.8. The van der Waals surface area contributed by atoms with E-state index in [9.17, 15) is 9.59 Å². The molecule has 1 saturated carbocycles. The molecule has 1 fully saturated rings. The summed E-state index contributed by atoms with van der Waals surface area (Å²) in [7, 11) is 0. The van der Waals surface area contributed by atoms with Crippen LogP contribution in [0, 0.1) is 5.92 Å². The molecule has 33 heavy (non-hydrogen) atoms. The van der Waals surface area contributed by atoms with Crippen LogP contribution in [0.4, 0.5) is 0 Å². The number of carbonyl (C=O) groups is 2. The minimum Gasteiger partial charge on any atom is -0.351 e. The van der Waals surface area contributed by atoms with Crippen molar-refractivity contribution in [3.63, 3.8) is 0 Å². The molecule has 2 heterocycles. The zero-order chi connectivity index (χ0) is 23.2. The first kappa shape index (κ1) is 22.0. The van der Waals surface area contributed by atoms with Crippen molar-refractivity contribution in [2.45, 2.75) is 64.2 Å². The summed E-state index contributed by atoms with van der Waals surface area (Å²) < 4.78 is 1.89. The SMILES string of the molecule is C[C@@H]1CCCC[C@H]1NC(=O)[C@@]1(C)Cn2c(nc3ccccc32)C(=O)N1Cc1ccccc1Cl. The lowest BCUT2D eigenvalue weighted by Gasteiger charge is -2.45. The number of fused-ring (bicyclic) bond motifs is 3. The van der Waals surface area contributed by atoms with E-state index in [1.165, 1.54) is 6.42 Å². The Hall–Kier alpha value is -2.86. The van der Waals surface area contributed by atoms with Gasteiger partial charge in [-0.15, -0.1) is 0 Å². The van der Waals surface area contributed by atoms with Gasteiger partial charge in [0.1, 0.15) is 5.54 Å². The van der Waals surface area contributed by atoms with Crippen LogP contribution in [0.3, 0.4) is 0 Å². The molecule has 2 amide bonds. The monoisotopic (exact) mass is 464 g/mol. The van der Waals surface area contributed by atoms with Crippen LogP contribution in [-0.4, -0.2) is 37.8 Å². The summed E-state index contributed by atoms with van der Waals surface area (Å²) in [6, 6.07) is 15.3. The highest BCUT2D eigenvalue weighted by Gasteiger charge is 2.49. The number of amides is 2. The number of hydrogen-bond donors (Lipinski definition) is 1. The van der Waals surface area contributed by atoms with Crippen LogP contribution in [0.25, 0.3) is 11.0 Å². The largest absolute Gasteiger partial charge is 0.351 e. The van der Waals surface area contributed by atoms with E-state index in [1.807, 2.05) is 60.0 Å². The highest BCUT2D eigenvalue weighted by atomic mass is 35.5. The van der Waals surface area contributed by atoms with E-state index in [1.54, 1.807) is 4.90 Å². The average molecular weight is 465 g/mol. The second kappa shape index (κ2) is 8.49. The summed E-state index contributed by atoms with van der Waals surface area (Å²) in [5, 5.41) is 3.88.